The first-order chi connectivity index (χ1) is 13.7. The van der Waals surface area contributed by atoms with Crippen molar-refractivity contribution < 1.29 is 14.3 Å². The van der Waals surface area contributed by atoms with Gasteiger partial charge in [0.15, 0.2) is 0 Å². The number of carbonyl (C=O) groups excluding carboxylic acids is 2. The molecule has 28 heavy (non-hydrogen) atoms. The molecule has 1 aliphatic rings. The molecule has 4 rings (SSSR count). The van der Waals surface area contributed by atoms with Gasteiger partial charge in [0.2, 0.25) is 0 Å². The first kappa shape index (κ1) is 17.7. The van der Waals surface area contributed by atoms with Gasteiger partial charge in [-0.1, -0.05) is 31.2 Å². The fourth-order valence-corrected chi connectivity index (χ4v) is 3.12. The van der Waals surface area contributed by atoms with Crippen LogP contribution >= 0.6 is 0 Å². The molecule has 1 aromatic heterocycles. The summed E-state index contributed by atoms with van der Waals surface area (Å²) < 4.78 is 5.80. The summed E-state index contributed by atoms with van der Waals surface area (Å²) in [4.78, 5) is 29.4. The number of fused-ring (bicyclic) bond motifs is 1. The largest absolute Gasteiger partial charge is 0.493 e. The normalized spacial score (nSPS) is 15.3. The zero-order chi connectivity index (χ0) is 19.5. The Balaban J connectivity index is 1.74. The van der Waals surface area contributed by atoms with E-state index < -0.39 is 5.91 Å². The van der Waals surface area contributed by atoms with Crippen molar-refractivity contribution in [3.8, 4) is 5.75 Å². The predicted molar refractivity (Wildman–Crippen MR) is 108 cm³/mol. The van der Waals surface area contributed by atoms with Crippen LogP contribution in [0.5, 0.6) is 5.75 Å². The number of hydrogen-bond donors (Lipinski definition) is 1. The highest BCUT2D eigenvalue weighted by molar-refractivity contribution is 6.32. The molecular weight excluding hydrogens is 354 g/mol. The molecule has 0 unspecified atom stereocenters. The molecule has 1 fully saturated rings. The maximum atomic E-state index is 12.8. The van der Waals surface area contributed by atoms with Gasteiger partial charge in [-0.2, -0.15) is 0 Å². The third kappa shape index (κ3) is 3.20. The van der Waals surface area contributed by atoms with Gasteiger partial charge in [-0.25, -0.2) is 5.01 Å². The van der Waals surface area contributed by atoms with Crippen molar-refractivity contribution in [3.05, 3.63) is 72.1 Å². The molecule has 3 aromatic rings. The lowest BCUT2D eigenvalue weighted by Gasteiger charge is -2.14. The lowest BCUT2D eigenvalue weighted by molar-refractivity contribution is -0.117. The number of rotatable bonds is 5. The van der Waals surface area contributed by atoms with Gasteiger partial charge < -0.3 is 4.74 Å². The summed E-state index contributed by atoms with van der Waals surface area (Å²) in [6.07, 6.45) is 5.93. The number of para-hydroxylation sites is 1. The fourth-order valence-electron chi connectivity index (χ4n) is 3.12. The van der Waals surface area contributed by atoms with Crippen LogP contribution in [-0.4, -0.2) is 23.4 Å². The fraction of sp³-hybridized carbons (Fsp3) is 0.136. The smallest absolute Gasteiger partial charge is 0.282 e. The number of carbonyl (C=O) groups is 2. The molecule has 0 radical (unpaired) electrons. The molecule has 0 spiro atoms. The number of amides is 2. The Morgan fingerprint density at radius 2 is 1.89 bits per heavy atom. The summed E-state index contributed by atoms with van der Waals surface area (Å²) >= 11 is 0. The number of nitrogens with one attached hydrogen (secondary N) is 1. The monoisotopic (exact) mass is 373 g/mol. The van der Waals surface area contributed by atoms with E-state index in [-0.39, 0.29) is 11.5 Å². The number of benzene rings is 2. The second-order valence-electron chi connectivity index (χ2n) is 6.40. The molecule has 0 bridgehead atoms. The van der Waals surface area contributed by atoms with Crippen molar-refractivity contribution in [1.82, 2.24) is 10.4 Å². The number of aromatic nitrogens is 1. The van der Waals surface area contributed by atoms with Gasteiger partial charge >= 0.3 is 0 Å². The van der Waals surface area contributed by atoms with Crippen LogP contribution in [0.4, 0.5) is 5.69 Å². The van der Waals surface area contributed by atoms with Crippen LogP contribution in [0.2, 0.25) is 0 Å². The maximum Gasteiger partial charge on any atom is 0.282 e. The van der Waals surface area contributed by atoms with Crippen LogP contribution in [-0.2, 0) is 9.59 Å². The zero-order valence-corrected chi connectivity index (χ0v) is 15.4. The number of anilines is 1. The van der Waals surface area contributed by atoms with Crippen LogP contribution in [0, 0.1) is 0 Å². The van der Waals surface area contributed by atoms with Gasteiger partial charge in [-0.3, -0.25) is 20.0 Å². The van der Waals surface area contributed by atoms with E-state index in [0.717, 1.165) is 28.5 Å². The molecule has 140 valence electrons. The van der Waals surface area contributed by atoms with Crippen LogP contribution < -0.4 is 15.2 Å². The van der Waals surface area contributed by atoms with Gasteiger partial charge in [0.25, 0.3) is 11.8 Å². The third-order valence-electron chi connectivity index (χ3n) is 4.48. The van der Waals surface area contributed by atoms with Gasteiger partial charge in [0.1, 0.15) is 11.3 Å². The van der Waals surface area contributed by atoms with E-state index in [1.807, 2.05) is 43.3 Å². The quantitative estimate of drug-likeness (QED) is 0.549. The Labute approximate surface area is 162 Å². The van der Waals surface area contributed by atoms with Gasteiger partial charge in [-0.05, 0) is 47.7 Å². The standard InChI is InChI=1S/C22H19N3O3/c1-2-12-28-20-9-8-15(17-10-11-23-14-19(17)20)13-18-21(26)24-25(22(18)27)16-6-4-3-5-7-16/h3-11,13-14H,2,12H2,1H3,(H,24,26)/b18-13+. The molecule has 1 saturated heterocycles. The molecule has 0 aliphatic carbocycles. The number of pyridine rings is 1. The van der Waals surface area contributed by atoms with E-state index in [4.69, 9.17) is 4.74 Å². The summed E-state index contributed by atoms with van der Waals surface area (Å²) in [6.45, 7) is 2.65. The van der Waals surface area contributed by atoms with E-state index in [2.05, 4.69) is 10.4 Å². The number of hydrogen-bond acceptors (Lipinski definition) is 4. The third-order valence-corrected chi connectivity index (χ3v) is 4.48. The average molecular weight is 373 g/mol. The minimum absolute atomic E-state index is 0.0872. The van der Waals surface area contributed by atoms with Crippen molar-refractivity contribution in [3.63, 3.8) is 0 Å². The Hall–Kier alpha value is -3.67. The van der Waals surface area contributed by atoms with E-state index in [1.54, 1.807) is 30.6 Å². The minimum atomic E-state index is -0.428. The van der Waals surface area contributed by atoms with Crippen molar-refractivity contribution in [1.29, 1.82) is 0 Å². The number of hydrazine groups is 1. The molecule has 2 heterocycles. The average Bonchev–Trinajstić information content (AvgIpc) is 3.02. The molecule has 0 atom stereocenters. The minimum Gasteiger partial charge on any atom is -0.493 e. The predicted octanol–water partition coefficient (Wildman–Crippen LogP) is 3.49. The molecular formula is C22H19N3O3. The van der Waals surface area contributed by atoms with Gasteiger partial charge in [0, 0.05) is 17.8 Å². The molecule has 1 aliphatic heterocycles. The Morgan fingerprint density at radius 3 is 2.68 bits per heavy atom. The Bertz CT molecular complexity index is 1080. The molecule has 6 heteroatoms. The number of ether oxygens (including phenoxy) is 1. The van der Waals surface area contributed by atoms with Crippen LogP contribution in [0.3, 0.4) is 0 Å². The molecule has 2 aromatic carbocycles. The molecule has 2 amide bonds. The topological polar surface area (TPSA) is 71.5 Å². The lowest BCUT2D eigenvalue weighted by atomic mass is 10.0. The molecule has 0 saturated carbocycles. The van der Waals surface area contributed by atoms with E-state index in [0.29, 0.717) is 12.3 Å². The summed E-state index contributed by atoms with van der Waals surface area (Å²) in [5.74, 6) is -0.0766. The molecule has 1 N–H and O–H groups in total. The number of nitrogens with zero attached hydrogens (tertiary/aromatic N) is 2. The Kier molecular flexibility index (Phi) is 4.76. The van der Waals surface area contributed by atoms with Gasteiger partial charge in [-0.15, -0.1) is 0 Å². The van der Waals surface area contributed by atoms with E-state index in [1.165, 1.54) is 5.01 Å². The molecule has 6 nitrogen and oxygen atoms in total. The summed E-state index contributed by atoms with van der Waals surface area (Å²) in [5, 5.41) is 2.97. The lowest BCUT2D eigenvalue weighted by Crippen LogP contribution is -2.35. The second-order valence-corrected chi connectivity index (χ2v) is 6.40. The summed E-state index contributed by atoms with van der Waals surface area (Å²) in [5.41, 5.74) is 4.08. The summed E-state index contributed by atoms with van der Waals surface area (Å²) in [7, 11) is 0. The maximum absolute atomic E-state index is 12.8. The van der Waals surface area contributed by atoms with Crippen LogP contribution in [0.1, 0.15) is 18.9 Å². The van der Waals surface area contributed by atoms with Crippen LogP contribution in [0.25, 0.3) is 16.8 Å². The van der Waals surface area contributed by atoms with Crippen molar-refractivity contribution in [2.75, 3.05) is 11.6 Å². The SMILES string of the molecule is CCCOc1ccc(/C=C2\C(=O)NN(c3ccccc3)C2=O)c2ccncc12. The van der Waals surface area contributed by atoms with E-state index in [9.17, 15) is 9.59 Å². The highest BCUT2D eigenvalue weighted by atomic mass is 16.5. The highest BCUT2D eigenvalue weighted by Crippen LogP contribution is 2.30. The van der Waals surface area contributed by atoms with Crippen molar-refractivity contribution in [2.24, 2.45) is 0 Å². The first-order valence-corrected chi connectivity index (χ1v) is 9.10. The summed E-state index contributed by atoms with van der Waals surface area (Å²) in [6, 6.07) is 14.6. The van der Waals surface area contributed by atoms with Gasteiger partial charge in [0.05, 0.1) is 12.3 Å². The zero-order valence-electron chi connectivity index (χ0n) is 15.4. The van der Waals surface area contributed by atoms with Crippen molar-refractivity contribution in [2.45, 2.75) is 13.3 Å². The Morgan fingerprint density at radius 1 is 1.07 bits per heavy atom. The van der Waals surface area contributed by atoms with Crippen LogP contribution in [0.15, 0.2) is 66.5 Å². The highest BCUT2D eigenvalue weighted by Gasteiger charge is 2.34. The second kappa shape index (κ2) is 7.52. The first-order valence-electron chi connectivity index (χ1n) is 9.10. The van der Waals surface area contributed by atoms with E-state index >= 15 is 0 Å². The van der Waals surface area contributed by atoms with Crippen molar-refractivity contribution >= 4 is 34.4 Å².